The minimum atomic E-state index is -4.32. The Morgan fingerprint density at radius 2 is 1.64 bits per heavy atom. The normalized spacial score (nSPS) is 18.1. The average molecular weight is 206 g/mol. The van der Waals surface area contributed by atoms with E-state index in [1.807, 2.05) is 0 Å². The number of halogens is 3. The van der Waals surface area contributed by atoms with E-state index in [4.69, 9.17) is 0 Å². The third-order valence-electron chi connectivity index (χ3n) is 2.29. The minimum absolute atomic E-state index is 0.0132. The first-order valence-corrected chi connectivity index (χ1v) is 4.48. The number of hydrogen-bond donors (Lipinski definition) is 0. The predicted octanol–water partition coefficient (Wildman–Crippen LogP) is 3.25. The Hall–Kier alpha value is -0.800. The molecule has 0 N–H and O–H groups in total. The lowest BCUT2D eigenvalue weighted by molar-refractivity contribution is -0.126. The number of carbonyl (C=O) groups excluding carboxylic acids is 1. The molecular formula is C10H13F3O. The van der Waals surface area contributed by atoms with Crippen molar-refractivity contribution >= 4 is 5.78 Å². The van der Waals surface area contributed by atoms with Crippen molar-refractivity contribution in [2.24, 2.45) is 5.41 Å². The van der Waals surface area contributed by atoms with Crippen molar-refractivity contribution in [1.29, 1.82) is 0 Å². The smallest absolute Gasteiger partial charge is 0.294 e. The molecule has 0 amide bonds. The van der Waals surface area contributed by atoms with Gasteiger partial charge in [-0.3, -0.25) is 4.79 Å². The molecule has 1 aliphatic carbocycles. The number of allylic oxidation sites excluding steroid dienone is 2. The molecule has 0 bridgehead atoms. The van der Waals surface area contributed by atoms with Crippen molar-refractivity contribution in [3.05, 3.63) is 11.1 Å². The van der Waals surface area contributed by atoms with Crippen LogP contribution in [0.15, 0.2) is 11.1 Å². The van der Waals surface area contributed by atoms with Crippen LogP contribution in [0.25, 0.3) is 0 Å². The summed E-state index contributed by atoms with van der Waals surface area (Å²) in [6.07, 6.45) is -4.07. The molecule has 0 spiro atoms. The highest BCUT2D eigenvalue weighted by molar-refractivity contribution is 6.01. The van der Waals surface area contributed by atoms with Crippen LogP contribution in [0.3, 0.4) is 0 Å². The van der Waals surface area contributed by atoms with Crippen molar-refractivity contribution in [3.63, 3.8) is 0 Å². The van der Waals surface area contributed by atoms with Gasteiger partial charge in [-0.2, -0.15) is 13.2 Å². The molecule has 0 saturated carbocycles. The quantitative estimate of drug-likeness (QED) is 0.643. The molecule has 0 fully saturated rings. The second kappa shape index (κ2) is 3.11. The summed E-state index contributed by atoms with van der Waals surface area (Å²) >= 11 is 0. The second-order valence-electron chi connectivity index (χ2n) is 4.53. The monoisotopic (exact) mass is 206 g/mol. The molecular weight excluding hydrogens is 193 g/mol. The van der Waals surface area contributed by atoms with Gasteiger partial charge in [0.15, 0.2) is 5.78 Å². The molecule has 1 nitrogen and oxygen atoms in total. The molecule has 1 aliphatic rings. The van der Waals surface area contributed by atoms with Gasteiger partial charge < -0.3 is 0 Å². The van der Waals surface area contributed by atoms with Gasteiger partial charge >= 0.3 is 6.18 Å². The van der Waals surface area contributed by atoms with Crippen molar-refractivity contribution in [1.82, 2.24) is 0 Å². The summed E-state index contributed by atoms with van der Waals surface area (Å²) in [6.45, 7) is 4.90. The Morgan fingerprint density at radius 1 is 1.14 bits per heavy atom. The summed E-state index contributed by atoms with van der Waals surface area (Å²) in [4.78, 5) is 11.5. The van der Waals surface area contributed by atoms with Crippen molar-refractivity contribution in [3.8, 4) is 0 Å². The second-order valence-corrected chi connectivity index (χ2v) is 4.53. The number of Topliss-reactive ketones (excluding diaryl/α,β-unsaturated/α-hetero) is 1. The van der Waals surface area contributed by atoms with E-state index in [9.17, 15) is 18.0 Å². The zero-order chi connectivity index (χ0) is 11.1. The van der Waals surface area contributed by atoms with Crippen LogP contribution in [0, 0.1) is 5.41 Å². The van der Waals surface area contributed by atoms with Crippen molar-refractivity contribution in [2.45, 2.75) is 39.8 Å². The zero-order valence-corrected chi connectivity index (χ0v) is 8.46. The van der Waals surface area contributed by atoms with Gasteiger partial charge in [0, 0.05) is 16.6 Å². The van der Waals surface area contributed by atoms with Gasteiger partial charge in [0.2, 0.25) is 0 Å². The van der Waals surface area contributed by atoms with Gasteiger partial charge in [-0.05, 0) is 12.8 Å². The SMILES string of the molecule is CC(C)(C)C(=O)C1=C(C(F)(F)F)CC1. The van der Waals surface area contributed by atoms with Gasteiger partial charge in [0.1, 0.15) is 0 Å². The van der Waals surface area contributed by atoms with Crippen LogP contribution in [-0.4, -0.2) is 12.0 Å². The molecule has 0 saturated heterocycles. The highest BCUT2D eigenvalue weighted by atomic mass is 19.4. The van der Waals surface area contributed by atoms with E-state index in [0.717, 1.165) is 0 Å². The summed E-state index contributed by atoms with van der Waals surface area (Å²) in [5.41, 5.74) is -1.37. The fourth-order valence-corrected chi connectivity index (χ4v) is 1.39. The first-order valence-electron chi connectivity index (χ1n) is 4.48. The highest BCUT2D eigenvalue weighted by Gasteiger charge is 2.43. The molecule has 0 aromatic carbocycles. The molecule has 1 rings (SSSR count). The number of ketones is 1. The molecule has 80 valence electrons. The molecule has 0 heterocycles. The van der Waals surface area contributed by atoms with E-state index in [0.29, 0.717) is 0 Å². The lowest BCUT2D eigenvalue weighted by Gasteiger charge is -2.29. The van der Waals surface area contributed by atoms with Crippen LogP contribution in [0.4, 0.5) is 13.2 Å². The lowest BCUT2D eigenvalue weighted by atomic mass is 9.76. The molecule has 0 aromatic rings. The number of rotatable bonds is 1. The Labute approximate surface area is 81.0 Å². The van der Waals surface area contributed by atoms with Crippen molar-refractivity contribution in [2.75, 3.05) is 0 Å². The lowest BCUT2D eigenvalue weighted by Crippen LogP contribution is -2.31. The van der Waals surface area contributed by atoms with Gasteiger partial charge in [0.05, 0.1) is 0 Å². The first-order chi connectivity index (χ1) is 6.14. The molecule has 0 aromatic heterocycles. The van der Waals surface area contributed by atoms with E-state index in [-0.39, 0.29) is 24.2 Å². The topological polar surface area (TPSA) is 17.1 Å². The van der Waals surface area contributed by atoms with Crippen LogP contribution >= 0.6 is 0 Å². The van der Waals surface area contributed by atoms with Crippen molar-refractivity contribution < 1.29 is 18.0 Å². The Kier molecular flexibility index (Phi) is 2.50. The van der Waals surface area contributed by atoms with Gasteiger partial charge in [-0.15, -0.1) is 0 Å². The fourth-order valence-electron chi connectivity index (χ4n) is 1.39. The molecule has 0 atom stereocenters. The number of carbonyl (C=O) groups is 1. The largest absolute Gasteiger partial charge is 0.413 e. The number of hydrogen-bond acceptors (Lipinski definition) is 1. The maximum Gasteiger partial charge on any atom is 0.413 e. The molecule has 14 heavy (non-hydrogen) atoms. The van der Waals surface area contributed by atoms with Gasteiger partial charge in [-0.25, -0.2) is 0 Å². The first kappa shape index (κ1) is 11.3. The van der Waals surface area contributed by atoms with Crippen LogP contribution in [-0.2, 0) is 4.79 Å². The van der Waals surface area contributed by atoms with E-state index in [1.165, 1.54) is 0 Å². The Morgan fingerprint density at radius 3 is 1.86 bits per heavy atom. The fraction of sp³-hybridized carbons (Fsp3) is 0.700. The summed E-state index contributed by atoms with van der Waals surface area (Å²) in [6, 6.07) is 0. The Balaban J connectivity index is 2.97. The van der Waals surface area contributed by atoms with Crippen LogP contribution < -0.4 is 0 Å². The molecule has 4 heteroatoms. The maximum absolute atomic E-state index is 12.3. The van der Waals surface area contributed by atoms with E-state index >= 15 is 0 Å². The van der Waals surface area contributed by atoms with E-state index < -0.39 is 17.2 Å². The summed E-state index contributed by atoms with van der Waals surface area (Å²) in [5.74, 6) is -0.379. The summed E-state index contributed by atoms with van der Waals surface area (Å²) in [7, 11) is 0. The zero-order valence-electron chi connectivity index (χ0n) is 8.46. The molecule has 0 aliphatic heterocycles. The van der Waals surface area contributed by atoms with Crippen LogP contribution in [0.1, 0.15) is 33.6 Å². The standard InChI is InChI=1S/C10H13F3O/c1-9(2,3)8(14)6-4-5-7(6)10(11,12)13/h4-5H2,1-3H3. The average Bonchev–Trinajstić information content (AvgIpc) is 1.77. The van der Waals surface area contributed by atoms with Crippen LogP contribution in [0.5, 0.6) is 0 Å². The van der Waals surface area contributed by atoms with E-state index in [2.05, 4.69) is 0 Å². The molecule has 0 unspecified atom stereocenters. The van der Waals surface area contributed by atoms with Gasteiger partial charge in [0.25, 0.3) is 0 Å². The van der Waals surface area contributed by atoms with Gasteiger partial charge in [-0.1, -0.05) is 20.8 Å². The third kappa shape index (κ3) is 1.99. The minimum Gasteiger partial charge on any atom is -0.294 e. The third-order valence-corrected chi connectivity index (χ3v) is 2.29. The molecule has 0 radical (unpaired) electrons. The number of alkyl halides is 3. The highest BCUT2D eigenvalue weighted by Crippen LogP contribution is 2.43. The summed E-state index contributed by atoms with van der Waals surface area (Å²) in [5, 5.41) is 0. The van der Waals surface area contributed by atoms with Crippen LogP contribution in [0.2, 0.25) is 0 Å². The van der Waals surface area contributed by atoms with E-state index in [1.54, 1.807) is 20.8 Å². The predicted molar refractivity (Wildman–Crippen MR) is 46.8 cm³/mol. The maximum atomic E-state index is 12.3. The Bertz CT molecular complexity index is 291. The summed E-state index contributed by atoms with van der Waals surface area (Å²) < 4.78 is 36.9.